The minimum Gasteiger partial charge on any atom is -0.496 e. The summed E-state index contributed by atoms with van der Waals surface area (Å²) in [6.07, 6.45) is 0. The van der Waals surface area contributed by atoms with Crippen molar-refractivity contribution >= 4 is 22.1 Å². The molecule has 0 fully saturated rings. The van der Waals surface area contributed by atoms with Gasteiger partial charge in [-0.25, -0.2) is 0 Å². The van der Waals surface area contributed by atoms with Gasteiger partial charge in [-0.15, -0.1) is 11.3 Å². The second-order valence-electron chi connectivity index (χ2n) is 5.09. The van der Waals surface area contributed by atoms with E-state index in [0.717, 1.165) is 5.75 Å². The molecule has 3 aromatic rings. The van der Waals surface area contributed by atoms with E-state index in [2.05, 4.69) is 54.0 Å². The molecule has 1 atom stereocenters. The highest BCUT2D eigenvalue weighted by Gasteiger charge is 2.21. The molecule has 0 aliphatic rings. The van der Waals surface area contributed by atoms with Gasteiger partial charge in [-0.3, -0.25) is 0 Å². The van der Waals surface area contributed by atoms with Gasteiger partial charge < -0.3 is 10.1 Å². The summed E-state index contributed by atoms with van der Waals surface area (Å²) in [4.78, 5) is 1.22. The Labute approximate surface area is 129 Å². The summed E-state index contributed by atoms with van der Waals surface area (Å²) < 4.78 is 5.51. The second kappa shape index (κ2) is 5.88. The lowest BCUT2D eigenvalue weighted by Crippen LogP contribution is -2.18. The molecular formula is C18H19NOS. The number of ether oxygens (including phenoxy) is 1. The van der Waals surface area contributed by atoms with E-state index >= 15 is 0 Å². The number of fused-ring (bicyclic) bond motifs is 1. The Morgan fingerprint density at radius 3 is 2.67 bits per heavy atom. The molecule has 0 spiro atoms. The number of aryl methyl sites for hydroxylation is 1. The molecule has 1 heterocycles. The second-order valence-corrected chi connectivity index (χ2v) is 6.04. The maximum atomic E-state index is 5.51. The SMILES string of the molecule is CNC(c1sccc1OC)c1c(C)ccc2ccccc12. The van der Waals surface area contributed by atoms with E-state index in [1.54, 1.807) is 18.4 Å². The van der Waals surface area contributed by atoms with Gasteiger partial charge in [0.15, 0.2) is 0 Å². The van der Waals surface area contributed by atoms with Gasteiger partial charge in [-0.1, -0.05) is 36.4 Å². The minimum absolute atomic E-state index is 0.144. The molecule has 1 aromatic heterocycles. The van der Waals surface area contributed by atoms with Crippen LogP contribution in [0.1, 0.15) is 22.0 Å². The molecule has 0 aliphatic carbocycles. The van der Waals surface area contributed by atoms with Crippen LogP contribution < -0.4 is 10.1 Å². The summed E-state index contributed by atoms with van der Waals surface area (Å²) in [5.41, 5.74) is 2.62. The topological polar surface area (TPSA) is 21.3 Å². The van der Waals surface area contributed by atoms with Crippen LogP contribution in [0.25, 0.3) is 10.8 Å². The predicted octanol–water partition coefficient (Wildman–Crippen LogP) is 4.53. The molecule has 1 N–H and O–H groups in total. The number of hydrogen-bond acceptors (Lipinski definition) is 3. The van der Waals surface area contributed by atoms with Crippen LogP contribution >= 0.6 is 11.3 Å². The average Bonchev–Trinajstić information content (AvgIpc) is 2.98. The smallest absolute Gasteiger partial charge is 0.134 e. The van der Waals surface area contributed by atoms with Gasteiger partial charge in [0.2, 0.25) is 0 Å². The van der Waals surface area contributed by atoms with E-state index in [-0.39, 0.29) is 6.04 Å². The van der Waals surface area contributed by atoms with Crippen molar-refractivity contribution in [3.8, 4) is 5.75 Å². The Morgan fingerprint density at radius 2 is 1.90 bits per heavy atom. The van der Waals surface area contributed by atoms with Crippen molar-refractivity contribution in [3.05, 3.63) is 63.8 Å². The summed E-state index contributed by atoms with van der Waals surface area (Å²) in [6, 6.07) is 15.1. The molecule has 0 saturated heterocycles. The van der Waals surface area contributed by atoms with Crippen LogP contribution in [0, 0.1) is 6.92 Å². The van der Waals surface area contributed by atoms with Crippen LogP contribution in [0.2, 0.25) is 0 Å². The van der Waals surface area contributed by atoms with Gasteiger partial charge in [0.05, 0.1) is 18.0 Å². The lowest BCUT2D eigenvalue weighted by atomic mass is 9.93. The largest absolute Gasteiger partial charge is 0.496 e. The van der Waals surface area contributed by atoms with Gasteiger partial charge in [0, 0.05) is 0 Å². The Balaban J connectivity index is 2.24. The van der Waals surface area contributed by atoms with Gasteiger partial charge in [0.25, 0.3) is 0 Å². The zero-order chi connectivity index (χ0) is 14.8. The molecule has 3 rings (SSSR count). The molecule has 108 valence electrons. The lowest BCUT2D eigenvalue weighted by Gasteiger charge is -2.21. The van der Waals surface area contributed by atoms with Crippen LogP contribution in [0.5, 0.6) is 5.75 Å². The normalized spacial score (nSPS) is 12.5. The van der Waals surface area contributed by atoms with Crippen LogP contribution in [0.4, 0.5) is 0 Å². The van der Waals surface area contributed by atoms with E-state index in [9.17, 15) is 0 Å². The number of methoxy groups -OCH3 is 1. The predicted molar refractivity (Wildman–Crippen MR) is 90.5 cm³/mol. The Hall–Kier alpha value is -1.84. The fourth-order valence-electron chi connectivity index (χ4n) is 2.88. The lowest BCUT2D eigenvalue weighted by molar-refractivity contribution is 0.409. The van der Waals surface area contributed by atoms with Crippen LogP contribution in [0.3, 0.4) is 0 Å². The van der Waals surface area contributed by atoms with Gasteiger partial charge in [-0.2, -0.15) is 0 Å². The molecular weight excluding hydrogens is 278 g/mol. The zero-order valence-electron chi connectivity index (χ0n) is 12.5. The van der Waals surface area contributed by atoms with Crippen molar-refractivity contribution < 1.29 is 4.74 Å². The number of benzene rings is 2. The third kappa shape index (κ3) is 2.43. The van der Waals surface area contributed by atoms with E-state index in [4.69, 9.17) is 4.74 Å². The molecule has 2 aromatic carbocycles. The number of rotatable bonds is 4. The van der Waals surface area contributed by atoms with Crippen LogP contribution in [-0.2, 0) is 0 Å². The van der Waals surface area contributed by atoms with E-state index in [1.807, 2.05) is 13.1 Å². The van der Waals surface area contributed by atoms with Crippen LogP contribution in [0.15, 0.2) is 47.8 Å². The number of thiophene rings is 1. The van der Waals surface area contributed by atoms with Crippen molar-refractivity contribution in [2.24, 2.45) is 0 Å². The Kier molecular flexibility index (Phi) is 3.95. The molecule has 0 radical (unpaired) electrons. The van der Waals surface area contributed by atoms with E-state index in [0.29, 0.717) is 0 Å². The molecule has 3 heteroatoms. The number of hydrogen-bond donors (Lipinski definition) is 1. The Bertz CT molecular complexity index is 763. The molecule has 0 saturated carbocycles. The van der Waals surface area contributed by atoms with Crippen molar-refractivity contribution in [1.29, 1.82) is 0 Å². The summed E-state index contributed by atoms with van der Waals surface area (Å²) in [6.45, 7) is 2.17. The summed E-state index contributed by atoms with van der Waals surface area (Å²) >= 11 is 1.73. The molecule has 21 heavy (non-hydrogen) atoms. The van der Waals surface area contributed by atoms with Gasteiger partial charge >= 0.3 is 0 Å². The number of nitrogens with one attached hydrogen (secondary N) is 1. The summed E-state index contributed by atoms with van der Waals surface area (Å²) in [5, 5.41) is 8.11. The first kappa shape index (κ1) is 14.1. The van der Waals surface area contributed by atoms with E-state index < -0.39 is 0 Å². The molecule has 0 amide bonds. The third-order valence-electron chi connectivity index (χ3n) is 3.91. The van der Waals surface area contributed by atoms with Crippen molar-refractivity contribution in [1.82, 2.24) is 5.32 Å². The quantitative estimate of drug-likeness (QED) is 0.764. The zero-order valence-corrected chi connectivity index (χ0v) is 13.3. The fourth-order valence-corrected chi connectivity index (χ4v) is 3.86. The standard InChI is InChI=1S/C18H19NOS/c1-12-8-9-13-6-4-5-7-14(13)16(12)17(19-2)18-15(20-3)10-11-21-18/h4-11,17,19H,1-3H3. The maximum absolute atomic E-state index is 5.51. The fraction of sp³-hybridized carbons (Fsp3) is 0.222. The van der Waals surface area contributed by atoms with Gasteiger partial charge in [0.1, 0.15) is 5.75 Å². The van der Waals surface area contributed by atoms with Crippen molar-refractivity contribution in [2.75, 3.05) is 14.2 Å². The highest BCUT2D eigenvalue weighted by Crippen LogP contribution is 2.38. The van der Waals surface area contributed by atoms with Crippen molar-refractivity contribution in [2.45, 2.75) is 13.0 Å². The van der Waals surface area contributed by atoms with Crippen molar-refractivity contribution in [3.63, 3.8) is 0 Å². The first-order valence-electron chi connectivity index (χ1n) is 7.03. The average molecular weight is 297 g/mol. The first-order valence-corrected chi connectivity index (χ1v) is 7.91. The molecule has 2 nitrogen and oxygen atoms in total. The molecule has 0 aliphatic heterocycles. The maximum Gasteiger partial charge on any atom is 0.134 e. The summed E-state index contributed by atoms with van der Waals surface area (Å²) in [7, 11) is 3.74. The third-order valence-corrected chi connectivity index (χ3v) is 4.87. The van der Waals surface area contributed by atoms with Gasteiger partial charge in [-0.05, 0) is 47.3 Å². The van der Waals surface area contributed by atoms with Crippen LogP contribution in [-0.4, -0.2) is 14.2 Å². The first-order chi connectivity index (χ1) is 10.3. The minimum atomic E-state index is 0.144. The monoisotopic (exact) mass is 297 g/mol. The molecule has 1 unspecified atom stereocenters. The molecule has 0 bridgehead atoms. The van der Waals surface area contributed by atoms with E-state index in [1.165, 1.54) is 26.8 Å². The Morgan fingerprint density at radius 1 is 1.10 bits per heavy atom. The highest BCUT2D eigenvalue weighted by atomic mass is 32.1. The highest BCUT2D eigenvalue weighted by molar-refractivity contribution is 7.10. The summed E-state index contributed by atoms with van der Waals surface area (Å²) in [5.74, 6) is 0.951.